The summed E-state index contributed by atoms with van der Waals surface area (Å²) in [5, 5.41) is 4.55. The van der Waals surface area contributed by atoms with Gasteiger partial charge in [0.05, 0.1) is 17.7 Å². The lowest BCUT2D eigenvalue weighted by Crippen LogP contribution is -2.08. The summed E-state index contributed by atoms with van der Waals surface area (Å²) in [6.45, 7) is 4.66. The van der Waals surface area contributed by atoms with E-state index >= 15 is 0 Å². The molecule has 4 aromatic rings. The van der Waals surface area contributed by atoms with Gasteiger partial charge in [0.2, 0.25) is 0 Å². The Balaban J connectivity index is 2.08. The number of aryl methyl sites for hydroxylation is 2. The highest BCUT2D eigenvalue weighted by atomic mass is 16.5. The zero-order chi connectivity index (χ0) is 18.3. The van der Waals surface area contributed by atoms with Crippen LogP contribution in [0.2, 0.25) is 0 Å². The van der Waals surface area contributed by atoms with Crippen LogP contribution >= 0.6 is 0 Å². The van der Waals surface area contributed by atoms with Gasteiger partial charge in [-0.05, 0) is 42.3 Å². The van der Waals surface area contributed by atoms with E-state index in [0.29, 0.717) is 12.2 Å². The fraction of sp³-hybridized carbons (Fsp3) is 0.261. The summed E-state index contributed by atoms with van der Waals surface area (Å²) in [5.41, 5.74) is 3.94. The summed E-state index contributed by atoms with van der Waals surface area (Å²) in [5.74, 6) is -0.239. The summed E-state index contributed by atoms with van der Waals surface area (Å²) in [6.07, 6.45) is 1.89. The van der Waals surface area contributed by atoms with E-state index in [9.17, 15) is 4.79 Å². The molecule has 1 heterocycles. The van der Waals surface area contributed by atoms with Crippen molar-refractivity contribution in [3.8, 4) is 0 Å². The van der Waals surface area contributed by atoms with E-state index in [1.807, 2.05) is 19.2 Å². The lowest BCUT2D eigenvalue weighted by atomic mass is 9.99. The highest BCUT2D eigenvalue weighted by Crippen LogP contribution is 2.37. The van der Waals surface area contributed by atoms with Gasteiger partial charge in [-0.25, -0.2) is 4.79 Å². The van der Waals surface area contributed by atoms with Crippen molar-refractivity contribution in [2.24, 2.45) is 7.05 Å². The quantitative estimate of drug-likeness (QED) is 0.348. The molecule has 0 amide bonds. The maximum absolute atomic E-state index is 12.8. The van der Waals surface area contributed by atoms with E-state index in [2.05, 4.69) is 54.8 Å². The van der Waals surface area contributed by atoms with E-state index in [4.69, 9.17) is 4.74 Å². The summed E-state index contributed by atoms with van der Waals surface area (Å²) < 4.78 is 7.67. The number of ether oxygens (including phenoxy) is 1. The number of unbranched alkanes of at least 4 members (excludes halogenated alkanes) is 1. The molecule has 0 N–H and O–H groups in total. The molecule has 3 aromatic carbocycles. The zero-order valence-corrected chi connectivity index (χ0v) is 15.5. The molecule has 0 aliphatic rings. The number of aromatic nitrogens is 1. The lowest BCUT2D eigenvalue weighted by molar-refractivity contribution is 0.0502. The predicted molar refractivity (Wildman–Crippen MR) is 108 cm³/mol. The van der Waals surface area contributed by atoms with Gasteiger partial charge in [0.25, 0.3) is 0 Å². The third kappa shape index (κ3) is 2.55. The van der Waals surface area contributed by atoms with Crippen molar-refractivity contribution in [1.29, 1.82) is 0 Å². The molecular weight excluding hydrogens is 322 g/mol. The first kappa shape index (κ1) is 16.6. The number of nitrogens with zero attached hydrogens (tertiary/aromatic N) is 1. The second-order valence-electron chi connectivity index (χ2n) is 6.94. The Morgan fingerprint density at radius 3 is 2.69 bits per heavy atom. The van der Waals surface area contributed by atoms with Crippen LogP contribution in [0.5, 0.6) is 0 Å². The summed E-state index contributed by atoms with van der Waals surface area (Å²) in [7, 11) is 2.03. The fourth-order valence-electron chi connectivity index (χ4n) is 3.76. The number of rotatable bonds is 4. The minimum Gasteiger partial charge on any atom is -0.462 e. The number of hydrogen-bond acceptors (Lipinski definition) is 2. The summed E-state index contributed by atoms with van der Waals surface area (Å²) in [4.78, 5) is 12.8. The Bertz CT molecular complexity index is 1140. The topological polar surface area (TPSA) is 31.2 Å². The van der Waals surface area contributed by atoms with Crippen LogP contribution in [0.1, 0.15) is 35.7 Å². The van der Waals surface area contributed by atoms with E-state index in [-0.39, 0.29) is 5.97 Å². The Morgan fingerprint density at radius 2 is 1.88 bits per heavy atom. The molecule has 0 saturated carbocycles. The van der Waals surface area contributed by atoms with Crippen molar-refractivity contribution >= 4 is 38.5 Å². The van der Waals surface area contributed by atoms with Crippen molar-refractivity contribution in [2.75, 3.05) is 6.61 Å². The van der Waals surface area contributed by atoms with Gasteiger partial charge in [-0.2, -0.15) is 0 Å². The summed E-state index contributed by atoms with van der Waals surface area (Å²) >= 11 is 0. The highest BCUT2D eigenvalue weighted by Gasteiger charge is 2.20. The van der Waals surface area contributed by atoms with Crippen LogP contribution in [0, 0.1) is 6.92 Å². The molecule has 4 rings (SSSR count). The number of benzene rings is 3. The van der Waals surface area contributed by atoms with Gasteiger partial charge >= 0.3 is 5.97 Å². The van der Waals surface area contributed by atoms with Crippen molar-refractivity contribution in [3.05, 3.63) is 59.7 Å². The van der Waals surface area contributed by atoms with E-state index in [1.54, 1.807) is 0 Å². The van der Waals surface area contributed by atoms with Gasteiger partial charge in [0.15, 0.2) is 0 Å². The molecule has 0 fully saturated rings. The first-order valence-corrected chi connectivity index (χ1v) is 9.19. The van der Waals surface area contributed by atoms with Crippen LogP contribution < -0.4 is 0 Å². The number of carbonyl (C=O) groups is 1. The molecular formula is C23H23NO2. The van der Waals surface area contributed by atoms with E-state index < -0.39 is 0 Å². The van der Waals surface area contributed by atoms with E-state index in [1.165, 1.54) is 16.3 Å². The van der Waals surface area contributed by atoms with Crippen molar-refractivity contribution < 1.29 is 9.53 Å². The molecule has 0 aliphatic carbocycles. The third-order valence-electron chi connectivity index (χ3n) is 5.09. The smallest absolute Gasteiger partial charge is 0.340 e. The Labute approximate surface area is 153 Å². The molecule has 0 bridgehead atoms. The second-order valence-corrected chi connectivity index (χ2v) is 6.94. The first-order chi connectivity index (χ1) is 12.6. The van der Waals surface area contributed by atoms with Gasteiger partial charge in [-0.1, -0.05) is 49.2 Å². The maximum Gasteiger partial charge on any atom is 0.340 e. The average Bonchev–Trinajstić information content (AvgIpc) is 2.94. The SMILES string of the molecule is CCCCOC(=O)c1cc2ccccc2c2c3cc(C)ccc3n(C)c12. The van der Waals surface area contributed by atoms with Gasteiger partial charge < -0.3 is 9.30 Å². The zero-order valence-electron chi connectivity index (χ0n) is 15.5. The van der Waals surface area contributed by atoms with Gasteiger partial charge in [0.1, 0.15) is 0 Å². The van der Waals surface area contributed by atoms with E-state index in [0.717, 1.165) is 34.6 Å². The number of hydrogen-bond donors (Lipinski definition) is 0. The number of fused-ring (bicyclic) bond motifs is 5. The molecule has 132 valence electrons. The van der Waals surface area contributed by atoms with Crippen LogP contribution in [0.3, 0.4) is 0 Å². The Kier molecular flexibility index (Phi) is 4.15. The van der Waals surface area contributed by atoms with Crippen molar-refractivity contribution in [2.45, 2.75) is 26.7 Å². The molecule has 0 radical (unpaired) electrons. The maximum atomic E-state index is 12.8. The first-order valence-electron chi connectivity index (χ1n) is 9.19. The number of carbonyl (C=O) groups excluding carboxylic acids is 1. The van der Waals surface area contributed by atoms with Gasteiger partial charge in [0, 0.05) is 23.3 Å². The molecule has 1 aromatic heterocycles. The Hall–Kier alpha value is -2.81. The van der Waals surface area contributed by atoms with Crippen molar-refractivity contribution in [1.82, 2.24) is 4.57 Å². The molecule has 3 heteroatoms. The normalized spacial score (nSPS) is 11.5. The van der Waals surface area contributed by atoms with Crippen LogP contribution in [0.25, 0.3) is 32.6 Å². The molecule has 0 atom stereocenters. The molecule has 26 heavy (non-hydrogen) atoms. The highest BCUT2D eigenvalue weighted by molar-refractivity contribution is 6.25. The number of esters is 1. The molecule has 0 aliphatic heterocycles. The minimum atomic E-state index is -0.239. The lowest BCUT2D eigenvalue weighted by Gasteiger charge is -2.10. The van der Waals surface area contributed by atoms with Crippen LogP contribution in [-0.4, -0.2) is 17.1 Å². The van der Waals surface area contributed by atoms with Gasteiger partial charge in [-0.3, -0.25) is 0 Å². The molecule has 0 saturated heterocycles. The average molecular weight is 345 g/mol. The fourth-order valence-corrected chi connectivity index (χ4v) is 3.76. The largest absolute Gasteiger partial charge is 0.462 e. The van der Waals surface area contributed by atoms with Crippen molar-refractivity contribution in [3.63, 3.8) is 0 Å². The second kappa shape index (κ2) is 6.49. The molecule has 3 nitrogen and oxygen atoms in total. The Morgan fingerprint density at radius 1 is 1.08 bits per heavy atom. The van der Waals surface area contributed by atoms with Crippen LogP contribution in [-0.2, 0) is 11.8 Å². The monoisotopic (exact) mass is 345 g/mol. The van der Waals surface area contributed by atoms with Crippen LogP contribution in [0.4, 0.5) is 0 Å². The van der Waals surface area contributed by atoms with Crippen LogP contribution in [0.15, 0.2) is 48.5 Å². The van der Waals surface area contributed by atoms with Gasteiger partial charge in [-0.15, -0.1) is 0 Å². The minimum absolute atomic E-state index is 0.239. The molecule has 0 spiro atoms. The third-order valence-corrected chi connectivity index (χ3v) is 5.09. The summed E-state index contributed by atoms with van der Waals surface area (Å²) in [6, 6.07) is 16.7. The predicted octanol–water partition coefficient (Wildman–Crippen LogP) is 5.75. The molecule has 0 unspecified atom stereocenters. The standard InChI is InChI=1S/C23H23NO2/c1-4-5-12-26-23(25)19-14-16-8-6-7-9-17(16)21-18-13-15(2)10-11-20(18)24(3)22(19)21/h6-11,13-14H,4-5,12H2,1-3H3.